The highest BCUT2D eigenvalue weighted by Gasteiger charge is 2.50. The average Bonchev–Trinajstić information content (AvgIpc) is 3.99. The number of aliphatic hydroxyl groups excluding tert-OH is 2. The Morgan fingerprint density at radius 2 is 0.862 bits per heavy atom. The topological polar surface area (TPSA) is 76.1 Å². The third-order valence-electron chi connectivity index (χ3n) is 13.4. The minimum atomic E-state index is -0.639. The fraction of sp³-hybridized carbons (Fsp3) is 0.292. The van der Waals surface area contributed by atoms with E-state index in [9.17, 15) is 27.8 Å². The van der Waals surface area contributed by atoms with Gasteiger partial charge in [0.1, 0.15) is 23.3 Å². The lowest BCUT2D eigenvalue weighted by molar-refractivity contribution is 0.0553. The normalized spacial score (nSPS) is 24.0. The minimum Gasteiger partial charge on any atom is -0.388 e. The Morgan fingerprint density at radius 1 is 0.534 bits per heavy atom. The molecule has 0 spiro atoms. The number of nitrogens with zero attached hydrogens (tertiary/aromatic N) is 4. The molecule has 2 fully saturated rings. The Kier molecular flexibility index (Phi) is 9.60. The third-order valence-corrected chi connectivity index (χ3v) is 13.4. The van der Waals surface area contributed by atoms with Crippen LogP contribution in [-0.2, 0) is 12.8 Å². The highest BCUT2D eigenvalue weighted by atomic mass is 19.1. The number of fused-ring (bicyclic) bond motifs is 4. The second kappa shape index (κ2) is 14.7. The Labute approximate surface area is 334 Å². The van der Waals surface area contributed by atoms with Crippen molar-refractivity contribution in [2.75, 3.05) is 0 Å². The molecule has 10 rings (SSSR count). The first-order chi connectivity index (χ1) is 27.9. The van der Waals surface area contributed by atoms with Crippen LogP contribution in [-0.4, -0.2) is 29.8 Å². The molecule has 0 unspecified atom stereocenters. The van der Waals surface area contributed by atoms with Crippen LogP contribution in [0.4, 0.5) is 17.6 Å². The fourth-order valence-corrected chi connectivity index (χ4v) is 10.1. The van der Waals surface area contributed by atoms with Crippen molar-refractivity contribution in [1.82, 2.24) is 19.6 Å². The SMILES string of the molecule is C[C@]12Cc3cnn(-c4ccc(F)cc4)c3C=C1CC[C@@H]2[C@@H](O)c1ccc(F)cc1.C[C@]12Cc3cnn(-c4ccc(F)cc4)c3C=C1CC[C@@H]2[C@H](O)c1ccc(F)cc1. The molecule has 0 amide bonds. The van der Waals surface area contributed by atoms with Crippen molar-refractivity contribution in [2.24, 2.45) is 22.7 Å². The van der Waals surface area contributed by atoms with Crippen LogP contribution in [0.5, 0.6) is 0 Å². The zero-order chi connectivity index (χ0) is 40.3. The maximum absolute atomic E-state index is 13.3. The van der Waals surface area contributed by atoms with Gasteiger partial charge in [-0.05, 0) is 168 Å². The molecule has 6 aromatic rings. The zero-order valence-electron chi connectivity index (χ0n) is 32.3. The quantitative estimate of drug-likeness (QED) is 0.165. The number of aliphatic hydroxyl groups is 2. The number of allylic oxidation sites excluding steroid dienone is 2. The summed E-state index contributed by atoms with van der Waals surface area (Å²) in [6, 6.07) is 25.0. The largest absolute Gasteiger partial charge is 0.388 e. The van der Waals surface area contributed by atoms with Gasteiger partial charge < -0.3 is 10.2 Å². The van der Waals surface area contributed by atoms with Crippen LogP contribution in [0.1, 0.15) is 85.4 Å². The molecular formula is C48H44F4N4O2. The molecule has 296 valence electrons. The molecule has 10 heteroatoms. The summed E-state index contributed by atoms with van der Waals surface area (Å²) in [5.74, 6) is -1.02. The predicted octanol–water partition coefficient (Wildman–Crippen LogP) is 10.5. The summed E-state index contributed by atoms with van der Waals surface area (Å²) in [6.07, 6.45) is 12.0. The van der Waals surface area contributed by atoms with Crippen LogP contribution in [0.25, 0.3) is 23.5 Å². The van der Waals surface area contributed by atoms with E-state index in [0.717, 1.165) is 83.5 Å². The van der Waals surface area contributed by atoms with E-state index < -0.39 is 12.2 Å². The number of hydrogen-bond donors (Lipinski definition) is 2. The van der Waals surface area contributed by atoms with Gasteiger partial charge in [-0.25, -0.2) is 26.9 Å². The van der Waals surface area contributed by atoms with Crippen LogP contribution >= 0.6 is 0 Å². The van der Waals surface area contributed by atoms with Crippen LogP contribution in [0, 0.1) is 45.9 Å². The van der Waals surface area contributed by atoms with Gasteiger partial charge in [-0.2, -0.15) is 10.2 Å². The Balaban J connectivity index is 0.000000150. The van der Waals surface area contributed by atoms with Crippen LogP contribution < -0.4 is 0 Å². The lowest BCUT2D eigenvalue weighted by Gasteiger charge is -2.38. The summed E-state index contributed by atoms with van der Waals surface area (Å²) >= 11 is 0. The van der Waals surface area contributed by atoms with E-state index in [1.54, 1.807) is 48.5 Å². The average molecular weight is 785 g/mol. The first-order valence-electron chi connectivity index (χ1n) is 19.9. The number of benzene rings is 4. The van der Waals surface area contributed by atoms with Crippen molar-refractivity contribution in [1.29, 1.82) is 0 Å². The van der Waals surface area contributed by atoms with Crippen molar-refractivity contribution >= 4 is 12.2 Å². The highest BCUT2D eigenvalue weighted by molar-refractivity contribution is 5.63. The molecule has 4 aromatic carbocycles. The fourth-order valence-electron chi connectivity index (χ4n) is 10.1. The molecule has 6 atom stereocenters. The summed E-state index contributed by atoms with van der Waals surface area (Å²) in [7, 11) is 0. The lowest BCUT2D eigenvalue weighted by Crippen LogP contribution is -2.32. The minimum absolute atomic E-state index is 0.0570. The molecule has 4 aliphatic rings. The van der Waals surface area contributed by atoms with Gasteiger partial charge in [0, 0.05) is 0 Å². The predicted molar refractivity (Wildman–Crippen MR) is 215 cm³/mol. The summed E-state index contributed by atoms with van der Waals surface area (Å²) in [5.41, 5.74) is 9.75. The van der Waals surface area contributed by atoms with Crippen molar-refractivity contribution in [2.45, 2.75) is 64.6 Å². The molecule has 0 bridgehead atoms. The summed E-state index contributed by atoms with van der Waals surface area (Å²) in [5, 5.41) is 31.2. The lowest BCUT2D eigenvalue weighted by atomic mass is 9.67. The van der Waals surface area contributed by atoms with Gasteiger partial charge in [0.2, 0.25) is 0 Å². The van der Waals surface area contributed by atoms with Crippen molar-refractivity contribution in [3.63, 3.8) is 0 Å². The summed E-state index contributed by atoms with van der Waals surface area (Å²) in [4.78, 5) is 0. The smallest absolute Gasteiger partial charge is 0.123 e. The van der Waals surface area contributed by atoms with E-state index in [2.05, 4.69) is 36.2 Å². The first kappa shape index (κ1) is 38.0. The Morgan fingerprint density at radius 3 is 1.21 bits per heavy atom. The Hall–Kier alpha value is -5.58. The summed E-state index contributed by atoms with van der Waals surface area (Å²) in [6.45, 7) is 4.42. The van der Waals surface area contributed by atoms with E-state index in [4.69, 9.17) is 0 Å². The molecular weight excluding hydrogens is 741 g/mol. The van der Waals surface area contributed by atoms with E-state index in [-0.39, 0.29) is 45.9 Å². The van der Waals surface area contributed by atoms with Gasteiger partial charge >= 0.3 is 0 Å². The molecule has 2 saturated carbocycles. The van der Waals surface area contributed by atoms with Gasteiger partial charge in [0.15, 0.2) is 0 Å². The maximum atomic E-state index is 13.3. The molecule has 4 aliphatic carbocycles. The molecule has 0 aliphatic heterocycles. The van der Waals surface area contributed by atoms with Gasteiger partial charge in [-0.1, -0.05) is 49.3 Å². The first-order valence-corrected chi connectivity index (χ1v) is 19.9. The molecule has 0 saturated heterocycles. The molecule has 6 nitrogen and oxygen atoms in total. The maximum Gasteiger partial charge on any atom is 0.123 e. The highest BCUT2D eigenvalue weighted by Crippen LogP contribution is 2.58. The van der Waals surface area contributed by atoms with Gasteiger partial charge in [-0.3, -0.25) is 0 Å². The summed E-state index contributed by atoms with van der Waals surface area (Å²) < 4.78 is 56.8. The monoisotopic (exact) mass is 784 g/mol. The van der Waals surface area contributed by atoms with E-state index in [1.165, 1.54) is 59.7 Å². The molecule has 2 aromatic heterocycles. The van der Waals surface area contributed by atoms with Crippen LogP contribution in [0.2, 0.25) is 0 Å². The van der Waals surface area contributed by atoms with Gasteiger partial charge in [0.05, 0.1) is 47.4 Å². The van der Waals surface area contributed by atoms with Crippen molar-refractivity contribution in [3.8, 4) is 11.4 Å². The van der Waals surface area contributed by atoms with Crippen LogP contribution in [0.15, 0.2) is 121 Å². The Bertz CT molecular complexity index is 2350. The molecule has 0 radical (unpaired) electrons. The van der Waals surface area contributed by atoms with Crippen LogP contribution in [0.3, 0.4) is 0 Å². The zero-order valence-corrected chi connectivity index (χ0v) is 32.3. The number of hydrogen-bond acceptors (Lipinski definition) is 4. The third kappa shape index (κ3) is 6.62. The number of aromatic nitrogens is 4. The number of halogens is 4. The number of rotatable bonds is 6. The second-order valence-electron chi connectivity index (χ2n) is 16.7. The molecule has 58 heavy (non-hydrogen) atoms. The standard InChI is InChI=1S/2C24H22F2N2O/c2*1-24-13-16-14-27-28(20-9-7-19(26)8-10-20)22(16)12-17(24)4-11-21(24)23(29)15-2-5-18(25)6-3-15/h2*2-3,5-10,12,14,21,23,29H,4,11,13H2,1H3/t21-,23+,24+;21-,23-,24+/m11/s1. The van der Waals surface area contributed by atoms with Crippen molar-refractivity contribution in [3.05, 3.63) is 178 Å². The van der Waals surface area contributed by atoms with Gasteiger partial charge in [0.25, 0.3) is 0 Å². The second-order valence-corrected chi connectivity index (χ2v) is 16.7. The van der Waals surface area contributed by atoms with E-state index in [0.29, 0.717) is 0 Å². The molecule has 2 N–H and O–H groups in total. The van der Waals surface area contributed by atoms with E-state index >= 15 is 0 Å². The van der Waals surface area contributed by atoms with Gasteiger partial charge in [-0.15, -0.1) is 0 Å². The van der Waals surface area contributed by atoms with E-state index in [1.807, 2.05) is 21.8 Å². The molecule has 2 heterocycles. The van der Waals surface area contributed by atoms with Crippen molar-refractivity contribution < 1.29 is 27.8 Å².